The first-order valence-corrected chi connectivity index (χ1v) is 7.94. The molecular weight excluding hydrogens is 230 g/mol. The molecule has 19 heavy (non-hydrogen) atoms. The summed E-state index contributed by atoms with van der Waals surface area (Å²) in [5.41, 5.74) is 3.27. The molecule has 0 aliphatic heterocycles. The molecule has 0 atom stereocenters. The summed E-state index contributed by atoms with van der Waals surface area (Å²) in [6, 6.07) is 10.1. The van der Waals surface area contributed by atoms with Crippen molar-refractivity contribution in [2.75, 3.05) is 6.54 Å². The number of aryl methyl sites for hydroxylation is 1. The van der Waals surface area contributed by atoms with E-state index in [9.17, 15) is 0 Å². The molecule has 0 heterocycles. The van der Waals surface area contributed by atoms with E-state index in [-0.39, 0.29) is 0 Å². The summed E-state index contributed by atoms with van der Waals surface area (Å²) in [6.07, 6.45) is 7.82. The van der Waals surface area contributed by atoms with Crippen LogP contribution < -0.4 is 5.32 Å². The fourth-order valence-corrected chi connectivity index (χ4v) is 2.37. The summed E-state index contributed by atoms with van der Waals surface area (Å²) >= 11 is 0. The maximum atomic E-state index is 3.58. The number of unbranched alkanes of at least 4 members (excludes halogenated alkanes) is 1. The van der Waals surface area contributed by atoms with Crippen LogP contribution in [-0.4, -0.2) is 12.6 Å². The van der Waals surface area contributed by atoms with Crippen LogP contribution in [-0.2, 0) is 11.8 Å². The highest BCUT2D eigenvalue weighted by Gasteiger charge is 2.19. The van der Waals surface area contributed by atoms with E-state index in [1.165, 1.54) is 56.2 Å². The second kappa shape index (κ2) is 6.56. The Balaban J connectivity index is 1.71. The van der Waals surface area contributed by atoms with E-state index in [0.717, 1.165) is 6.04 Å². The van der Waals surface area contributed by atoms with Gasteiger partial charge in [-0.15, -0.1) is 0 Å². The zero-order valence-electron chi connectivity index (χ0n) is 12.8. The van der Waals surface area contributed by atoms with Crippen LogP contribution in [0.5, 0.6) is 0 Å². The highest BCUT2D eigenvalue weighted by atomic mass is 14.9. The van der Waals surface area contributed by atoms with E-state index in [1.54, 1.807) is 0 Å². The van der Waals surface area contributed by atoms with Crippen LogP contribution in [0, 0.1) is 0 Å². The first-order chi connectivity index (χ1) is 9.12. The molecule has 1 nitrogen and oxygen atoms in total. The normalized spacial score (nSPS) is 15.7. The average Bonchev–Trinajstić information content (AvgIpc) is 3.23. The highest BCUT2D eigenvalue weighted by molar-refractivity contribution is 5.28. The zero-order valence-corrected chi connectivity index (χ0v) is 12.8. The summed E-state index contributed by atoms with van der Waals surface area (Å²) in [5.74, 6) is 0. The largest absolute Gasteiger partial charge is 0.314 e. The Morgan fingerprint density at radius 1 is 1.11 bits per heavy atom. The fraction of sp³-hybridized carbons (Fsp3) is 0.667. The molecule has 0 spiro atoms. The first-order valence-electron chi connectivity index (χ1n) is 7.94. The van der Waals surface area contributed by atoms with Crippen molar-refractivity contribution in [2.45, 2.75) is 70.8 Å². The first kappa shape index (κ1) is 14.6. The van der Waals surface area contributed by atoms with E-state index in [0.29, 0.717) is 5.41 Å². The lowest BCUT2D eigenvalue weighted by Crippen LogP contribution is -2.17. The molecule has 0 amide bonds. The maximum Gasteiger partial charge on any atom is 0.00682 e. The van der Waals surface area contributed by atoms with Crippen molar-refractivity contribution in [1.29, 1.82) is 0 Å². The Labute approximate surface area is 118 Å². The van der Waals surface area contributed by atoms with Crippen LogP contribution in [0.15, 0.2) is 24.3 Å². The van der Waals surface area contributed by atoms with E-state index in [2.05, 4.69) is 50.4 Å². The summed E-state index contributed by atoms with van der Waals surface area (Å²) in [6.45, 7) is 8.11. The summed E-state index contributed by atoms with van der Waals surface area (Å²) in [5, 5.41) is 3.58. The Bertz CT molecular complexity index is 373. The molecule has 0 aromatic heterocycles. The summed E-state index contributed by atoms with van der Waals surface area (Å²) in [7, 11) is 0. The summed E-state index contributed by atoms with van der Waals surface area (Å²) < 4.78 is 0. The molecule has 1 N–H and O–H groups in total. The Kier molecular flexibility index (Phi) is 5.04. The topological polar surface area (TPSA) is 12.0 Å². The van der Waals surface area contributed by atoms with E-state index in [4.69, 9.17) is 0 Å². The molecule has 106 valence electrons. The van der Waals surface area contributed by atoms with Gasteiger partial charge in [0.25, 0.3) is 0 Å². The highest BCUT2D eigenvalue weighted by Crippen LogP contribution is 2.26. The lowest BCUT2D eigenvalue weighted by Gasteiger charge is -2.23. The van der Waals surface area contributed by atoms with Gasteiger partial charge in [0.05, 0.1) is 0 Å². The molecule has 1 aliphatic rings. The Morgan fingerprint density at radius 2 is 1.79 bits per heavy atom. The van der Waals surface area contributed by atoms with Crippen LogP contribution in [0.1, 0.15) is 64.0 Å². The molecule has 1 aromatic carbocycles. The minimum Gasteiger partial charge on any atom is -0.314 e. The lowest BCUT2D eigenvalue weighted by atomic mass is 9.82. The lowest BCUT2D eigenvalue weighted by molar-refractivity contribution is 0.506. The maximum absolute atomic E-state index is 3.58. The van der Waals surface area contributed by atoms with Gasteiger partial charge in [0.15, 0.2) is 0 Å². The van der Waals surface area contributed by atoms with E-state index < -0.39 is 0 Å². The van der Waals surface area contributed by atoms with Crippen LogP contribution in [0.2, 0.25) is 0 Å². The SMILES string of the molecule is CCC(C)(C)c1ccc(CCCCNC2CC2)cc1. The van der Waals surface area contributed by atoms with Gasteiger partial charge in [0.1, 0.15) is 0 Å². The molecule has 1 fully saturated rings. The van der Waals surface area contributed by atoms with Crippen LogP contribution in [0.25, 0.3) is 0 Å². The van der Waals surface area contributed by atoms with E-state index in [1.807, 2.05) is 0 Å². The molecule has 1 heteroatoms. The third kappa shape index (κ3) is 4.65. The number of hydrogen-bond donors (Lipinski definition) is 1. The number of hydrogen-bond acceptors (Lipinski definition) is 1. The second-order valence-corrected chi connectivity index (χ2v) is 6.62. The minimum absolute atomic E-state index is 0.312. The van der Waals surface area contributed by atoms with Gasteiger partial charge in [-0.3, -0.25) is 0 Å². The van der Waals surface area contributed by atoms with Gasteiger partial charge in [0, 0.05) is 6.04 Å². The van der Waals surface area contributed by atoms with Gasteiger partial charge < -0.3 is 5.32 Å². The van der Waals surface area contributed by atoms with Crippen molar-refractivity contribution in [1.82, 2.24) is 5.32 Å². The molecule has 0 unspecified atom stereocenters. The smallest absolute Gasteiger partial charge is 0.00682 e. The van der Waals surface area contributed by atoms with Gasteiger partial charge in [0.2, 0.25) is 0 Å². The third-order valence-electron chi connectivity index (χ3n) is 4.52. The molecule has 0 bridgehead atoms. The predicted molar refractivity (Wildman–Crippen MR) is 83.7 cm³/mol. The van der Waals surface area contributed by atoms with Crippen LogP contribution in [0.3, 0.4) is 0 Å². The summed E-state index contributed by atoms with van der Waals surface area (Å²) in [4.78, 5) is 0. The zero-order chi connectivity index (χ0) is 13.7. The van der Waals surface area contributed by atoms with Crippen LogP contribution >= 0.6 is 0 Å². The van der Waals surface area contributed by atoms with Gasteiger partial charge in [-0.2, -0.15) is 0 Å². The Hall–Kier alpha value is -0.820. The van der Waals surface area contributed by atoms with Crippen molar-refractivity contribution in [3.05, 3.63) is 35.4 Å². The van der Waals surface area contributed by atoms with Crippen molar-refractivity contribution in [2.24, 2.45) is 0 Å². The van der Waals surface area contributed by atoms with Crippen molar-refractivity contribution in [3.8, 4) is 0 Å². The van der Waals surface area contributed by atoms with Crippen molar-refractivity contribution >= 4 is 0 Å². The number of nitrogens with one attached hydrogen (secondary N) is 1. The molecule has 0 radical (unpaired) electrons. The monoisotopic (exact) mass is 259 g/mol. The van der Waals surface area contributed by atoms with E-state index >= 15 is 0 Å². The van der Waals surface area contributed by atoms with Crippen molar-refractivity contribution < 1.29 is 0 Å². The van der Waals surface area contributed by atoms with Gasteiger partial charge in [-0.25, -0.2) is 0 Å². The standard InChI is InChI=1S/C18H29N/c1-4-18(2,3)16-10-8-15(9-11-16)7-5-6-14-19-17-12-13-17/h8-11,17,19H,4-7,12-14H2,1-3H3. The quantitative estimate of drug-likeness (QED) is 0.680. The Morgan fingerprint density at radius 3 is 2.37 bits per heavy atom. The minimum atomic E-state index is 0.312. The third-order valence-corrected chi connectivity index (χ3v) is 4.52. The van der Waals surface area contributed by atoms with Crippen LogP contribution in [0.4, 0.5) is 0 Å². The molecular formula is C18H29N. The van der Waals surface area contributed by atoms with Gasteiger partial charge >= 0.3 is 0 Å². The van der Waals surface area contributed by atoms with Gasteiger partial charge in [-0.1, -0.05) is 45.0 Å². The predicted octanol–water partition coefficient (Wildman–Crippen LogP) is 4.45. The molecule has 1 saturated carbocycles. The van der Waals surface area contributed by atoms with Gasteiger partial charge in [-0.05, 0) is 61.6 Å². The molecule has 1 aliphatic carbocycles. The molecule has 2 rings (SSSR count). The number of benzene rings is 1. The number of rotatable bonds is 8. The molecule has 1 aromatic rings. The second-order valence-electron chi connectivity index (χ2n) is 6.62. The average molecular weight is 259 g/mol. The van der Waals surface area contributed by atoms with Crippen molar-refractivity contribution in [3.63, 3.8) is 0 Å². The molecule has 0 saturated heterocycles. The fourth-order valence-electron chi connectivity index (χ4n) is 2.37.